The standard InChI is InChI=1S/C15H17IN2O/c1-3-17-11(2)12-7-8-18-15(9-12)19-14-6-4-5-13(16)10-14/h4-11,17H,3H2,1-2H3. The predicted molar refractivity (Wildman–Crippen MR) is 85.6 cm³/mol. The Balaban J connectivity index is 2.15. The van der Waals surface area contributed by atoms with Crippen molar-refractivity contribution in [2.45, 2.75) is 19.9 Å². The van der Waals surface area contributed by atoms with Crippen molar-refractivity contribution >= 4 is 22.6 Å². The Kier molecular flexibility index (Phi) is 5.15. The van der Waals surface area contributed by atoms with Crippen LogP contribution in [0.15, 0.2) is 42.6 Å². The summed E-state index contributed by atoms with van der Waals surface area (Å²) in [6.45, 7) is 5.17. The molecular weight excluding hydrogens is 351 g/mol. The van der Waals surface area contributed by atoms with Gasteiger partial charge in [0.15, 0.2) is 0 Å². The molecule has 0 aliphatic carbocycles. The van der Waals surface area contributed by atoms with E-state index >= 15 is 0 Å². The molecule has 0 fully saturated rings. The molecule has 2 aromatic rings. The van der Waals surface area contributed by atoms with Crippen LogP contribution in [0.5, 0.6) is 11.6 Å². The third kappa shape index (κ3) is 4.18. The molecule has 0 saturated heterocycles. The number of hydrogen-bond donors (Lipinski definition) is 1. The van der Waals surface area contributed by atoms with E-state index in [9.17, 15) is 0 Å². The summed E-state index contributed by atoms with van der Waals surface area (Å²) in [7, 11) is 0. The maximum absolute atomic E-state index is 5.78. The zero-order chi connectivity index (χ0) is 13.7. The van der Waals surface area contributed by atoms with Gasteiger partial charge in [0.2, 0.25) is 5.88 Å². The quantitative estimate of drug-likeness (QED) is 0.806. The molecule has 0 saturated carbocycles. The van der Waals surface area contributed by atoms with E-state index in [1.54, 1.807) is 6.20 Å². The van der Waals surface area contributed by atoms with Crippen LogP contribution >= 0.6 is 22.6 Å². The van der Waals surface area contributed by atoms with Gasteiger partial charge in [0.1, 0.15) is 5.75 Å². The van der Waals surface area contributed by atoms with Crippen LogP contribution in [0.3, 0.4) is 0 Å². The molecule has 1 aromatic heterocycles. The Bertz CT molecular complexity index is 545. The fourth-order valence-electron chi connectivity index (χ4n) is 1.83. The summed E-state index contributed by atoms with van der Waals surface area (Å²) in [4.78, 5) is 4.25. The van der Waals surface area contributed by atoms with Gasteiger partial charge in [-0.25, -0.2) is 4.98 Å². The highest BCUT2D eigenvalue weighted by molar-refractivity contribution is 14.1. The highest BCUT2D eigenvalue weighted by Gasteiger charge is 2.06. The van der Waals surface area contributed by atoms with Gasteiger partial charge in [-0.2, -0.15) is 0 Å². The van der Waals surface area contributed by atoms with Gasteiger partial charge in [0, 0.05) is 21.9 Å². The van der Waals surface area contributed by atoms with E-state index < -0.39 is 0 Å². The van der Waals surface area contributed by atoms with Crippen molar-refractivity contribution in [3.05, 3.63) is 51.7 Å². The van der Waals surface area contributed by atoms with Gasteiger partial charge >= 0.3 is 0 Å². The number of ether oxygens (including phenoxy) is 1. The number of benzene rings is 1. The van der Waals surface area contributed by atoms with E-state index in [1.165, 1.54) is 5.56 Å². The summed E-state index contributed by atoms with van der Waals surface area (Å²) in [5.74, 6) is 1.44. The molecule has 1 heterocycles. The predicted octanol–water partition coefficient (Wildman–Crippen LogP) is 4.15. The van der Waals surface area contributed by atoms with E-state index in [0.717, 1.165) is 15.9 Å². The molecule has 0 aliphatic rings. The van der Waals surface area contributed by atoms with E-state index in [1.807, 2.05) is 36.4 Å². The third-order valence-corrected chi connectivity index (χ3v) is 3.46. The molecule has 0 radical (unpaired) electrons. The number of hydrogen-bond acceptors (Lipinski definition) is 3. The number of nitrogens with zero attached hydrogens (tertiary/aromatic N) is 1. The monoisotopic (exact) mass is 368 g/mol. The van der Waals surface area contributed by atoms with Crippen LogP contribution in [0.25, 0.3) is 0 Å². The Labute approximate surface area is 127 Å². The maximum atomic E-state index is 5.78. The molecule has 1 aromatic carbocycles. The summed E-state index contributed by atoms with van der Waals surface area (Å²) >= 11 is 2.27. The van der Waals surface area contributed by atoms with E-state index in [2.05, 4.69) is 46.7 Å². The van der Waals surface area contributed by atoms with Crippen molar-refractivity contribution < 1.29 is 4.74 Å². The Morgan fingerprint density at radius 3 is 2.89 bits per heavy atom. The molecule has 2 rings (SSSR count). The first kappa shape index (κ1) is 14.3. The molecule has 1 atom stereocenters. The van der Waals surface area contributed by atoms with Crippen molar-refractivity contribution in [2.75, 3.05) is 6.54 Å². The van der Waals surface area contributed by atoms with Crippen LogP contribution in [0.1, 0.15) is 25.5 Å². The molecule has 1 unspecified atom stereocenters. The summed E-state index contributed by atoms with van der Waals surface area (Å²) in [6.07, 6.45) is 1.78. The number of aromatic nitrogens is 1. The first-order valence-corrected chi connectivity index (χ1v) is 7.39. The molecule has 3 nitrogen and oxygen atoms in total. The average molecular weight is 368 g/mol. The summed E-state index contributed by atoms with van der Waals surface area (Å²) in [5, 5.41) is 3.38. The second-order valence-electron chi connectivity index (χ2n) is 4.27. The maximum Gasteiger partial charge on any atom is 0.219 e. The molecule has 0 bridgehead atoms. The van der Waals surface area contributed by atoms with E-state index in [4.69, 9.17) is 4.74 Å². The largest absolute Gasteiger partial charge is 0.439 e. The lowest BCUT2D eigenvalue weighted by molar-refractivity contribution is 0.460. The van der Waals surface area contributed by atoms with Gasteiger partial charge in [-0.3, -0.25) is 0 Å². The minimum absolute atomic E-state index is 0.297. The third-order valence-electron chi connectivity index (χ3n) is 2.79. The highest BCUT2D eigenvalue weighted by Crippen LogP contribution is 2.23. The SMILES string of the molecule is CCNC(C)c1ccnc(Oc2cccc(I)c2)c1. The lowest BCUT2D eigenvalue weighted by atomic mass is 10.1. The zero-order valence-corrected chi connectivity index (χ0v) is 13.2. The van der Waals surface area contributed by atoms with E-state index in [-0.39, 0.29) is 0 Å². The van der Waals surface area contributed by atoms with Crippen LogP contribution in [-0.2, 0) is 0 Å². The van der Waals surface area contributed by atoms with Gasteiger partial charge in [-0.05, 0) is 65.9 Å². The molecule has 0 aliphatic heterocycles. The van der Waals surface area contributed by atoms with Gasteiger partial charge in [0.05, 0.1) is 0 Å². The average Bonchev–Trinajstić information content (AvgIpc) is 2.39. The second kappa shape index (κ2) is 6.86. The molecule has 1 N–H and O–H groups in total. The van der Waals surface area contributed by atoms with Crippen molar-refractivity contribution in [1.82, 2.24) is 10.3 Å². The van der Waals surface area contributed by atoms with Gasteiger partial charge in [-0.1, -0.05) is 13.0 Å². The zero-order valence-electron chi connectivity index (χ0n) is 11.1. The fraction of sp³-hybridized carbons (Fsp3) is 0.267. The normalized spacial score (nSPS) is 12.2. The Hall–Kier alpha value is -1.14. The van der Waals surface area contributed by atoms with Gasteiger partial charge in [-0.15, -0.1) is 0 Å². The minimum Gasteiger partial charge on any atom is -0.439 e. The highest BCUT2D eigenvalue weighted by atomic mass is 127. The molecule has 100 valence electrons. The summed E-state index contributed by atoms with van der Waals surface area (Å²) in [5.41, 5.74) is 1.18. The number of pyridine rings is 1. The first-order chi connectivity index (χ1) is 9.19. The van der Waals surface area contributed by atoms with Crippen LogP contribution in [0, 0.1) is 3.57 Å². The lowest BCUT2D eigenvalue weighted by Crippen LogP contribution is -2.17. The fourth-order valence-corrected chi connectivity index (χ4v) is 2.34. The van der Waals surface area contributed by atoms with Gasteiger partial charge in [0.25, 0.3) is 0 Å². The van der Waals surface area contributed by atoms with Crippen LogP contribution < -0.4 is 10.1 Å². The number of nitrogens with one attached hydrogen (secondary N) is 1. The van der Waals surface area contributed by atoms with Crippen molar-refractivity contribution in [3.63, 3.8) is 0 Å². The van der Waals surface area contributed by atoms with Crippen molar-refractivity contribution in [1.29, 1.82) is 0 Å². The van der Waals surface area contributed by atoms with Crippen molar-refractivity contribution in [3.8, 4) is 11.6 Å². The smallest absolute Gasteiger partial charge is 0.219 e. The lowest BCUT2D eigenvalue weighted by Gasteiger charge is -2.13. The van der Waals surface area contributed by atoms with Gasteiger partial charge < -0.3 is 10.1 Å². The number of halogens is 1. The molecule has 0 amide bonds. The van der Waals surface area contributed by atoms with Crippen molar-refractivity contribution in [2.24, 2.45) is 0 Å². The van der Waals surface area contributed by atoms with E-state index in [0.29, 0.717) is 11.9 Å². The molecule has 19 heavy (non-hydrogen) atoms. The first-order valence-electron chi connectivity index (χ1n) is 6.32. The Morgan fingerprint density at radius 1 is 1.32 bits per heavy atom. The number of rotatable bonds is 5. The summed E-state index contributed by atoms with van der Waals surface area (Å²) < 4.78 is 6.93. The second-order valence-corrected chi connectivity index (χ2v) is 5.51. The Morgan fingerprint density at radius 2 is 2.16 bits per heavy atom. The van der Waals surface area contributed by atoms with Crippen LogP contribution in [0.2, 0.25) is 0 Å². The molecular formula is C15H17IN2O. The topological polar surface area (TPSA) is 34.2 Å². The summed E-state index contributed by atoms with van der Waals surface area (Å²) in [6, 6.07) is 12.2. The molecule has 4 heteroatoms. The van der Waals surface area contributed by atoms with Crippen LogP contribution in [-0.4, -0.2) is 11.5 Å². The van der Waals surface area contributed by atoms with Crippen LogP contribution in [0.4, 0.5) is 0 Å². The molecule has 0 spiro atoms. The minimum atomic E-state index is 0.297.